The predicted molar refractivity (Wildman–Crippen MR) is 91.9 cm³/mol. The minimum atomic E-state index is -0.473. The van der Waals surface area contributed by atoms with Crippen LogP contribution in [0.4, 0.5) is 0 Å². The second-order valence-electron chi connectivity index (χ2n) is 7.45. The normalized spacial score (nSPS) is 42.6. The van der Waals surface area contributed by atoms with Gasteiger partial charge in [0.15, 0.2) is 12.6 Å². The Bertz CT molecular complexity index is 437. The smallest absolute Gasteiger partial charge is 0.166 e. The van der Waals surface area contributed by atoms with E-state index < -0.39 is 12.6 Å². The summed E-state index contributed by atoms with van der Waals surface area (Å²) in [6.45, 7) is 7.53. The highest BCUT2D eigenvalue weighted by Crippen LogP contribution is 2.32. The van der Waals surface area contributed by atoms with E-state index in [0.717, 1.165) is 19.3 Å². The number of Topliss-reactive ketones (excluding diaryl/α,β-unsaturated/α-hetero) is 2. The number of rotatable bonds is 6. The number of hydrogen-bond acceptors (Lipinski definition) is 6. The van der Waals surface area contributed by atoms with Crippen molar-refractivity contribution < 1.29 is 28.5 Å². The quantitative estimate of drug-likeness (QED) is 0.728. The number of hydrogen-bond donors (Lipinski definition) is 0. The van der Waals surface area contributed by atoms with Crippen molar-refractivity contribution in [1.82, 2.24) is 0 Å². The predicted octanol–water partition coefficient (Wildman–Crippen LogP) is 2.58. The number of methoxy groups -OCH3 is 2. The highest BCUT2D eigenvalue weighted by atomic mass is 16.7. The summed E-state index contributed by atoms with van der Waals surface area (Å²) >= 11 is 0. The Morgan fingerprint density at radius 2 is 1.08 bits per heavy atom. The number of carbonyl (C=O) groups excluding carboxylic acids is 2. The Kier molecular flexibility index (Phi) is 7.14. The molecule has 2 rings (SSSR count). The van der Waals surface area contributed by atoms with Crippen molar-refractivity contribution in [1.29, 1.82) is 0 Å². The van der Waals surface area contributed by atoms with E-state index in [1.54, 1.807) is 14.2 Å². The van der Waals surface area contributed by atoms with Crippen molar-refractivity contribution in [3.05, 3.63) is 0 Å². The van der Waals surface area contributed by atoms with Gasteiger partial charge < -0.3 is 18.9 Å². The van der Waals surface area contributed by atoms with Gasteiger partial charge in [-0.05, 0) is 19.3 Å². The van der Waals surface area contributed by atoms with Crippen LogP contribution in [0.2, 0.25) is 0 Å². The zero-order valence-electron chi connectivity index (χ0n) is 16.2. The molecule has 6 heteroatoms. The van der Waals surface area contributed by atoms with E-state index >= 15 is 0 Å². The van der Waals surface area contributed by atoms with E-state index in [1.165, 1.54) is 0 Å². The molecule has 2 saturated heterocycles. The number of ether oxygens (including phenoxy) is 4. The Hall–Kier alpha value is -0.820. The molecule has 2 fully saturated rings. The van der Waals surface area contributed by atoms with Gasteiger partial charge in [0.25, 0.3) is 0 Å². The van der Waals surface area contributed by atoms with Crippen molar-refractivity contribution in [3.8, 4) is 0 Å². The number of carbonyl (C=O) groups is 2. The van der Waals surface area contributed by atoms with E-state index in [9.17, 15) is 9.59 Å². The molecule has 0 aromatic heterocycles. The van der Waals surface area contributed by atoms with Gasteiger partial charge >= 0.3 is 0 Å². The van der Waals surface area contributed by atoms with Crippen LogP contribution in [-0.2, 0) is 28.5 Å². The summed E-state index contributed by atoms with van der Waals surface area (Å²) < 4.78 is 22.5. The van der Waals surface area contributed by atoms with Crippen LogP contribution in [0.5, 0.6) is 0 Å². The molecule has 6 nitrogen and oxygen atoms in total. The molecular formula is C19H32O6. The van der Waals surface area contributed by atoms with Crippen molar-refractivity contribution in [3.63, 3.8) is 0 Å². The van der Waals surface area contributed by atoms with Crippen molar-refractivity contribution in [2.24, 2.45) is 23.7 Å². The first kappa shape index (κ1) is 20.5. The highest BCUT2D eigenvalue weighted by Gasteiger charge is 2.42. The van der Waals surface area contributed by atoms with E-state index in [4.69, 9.17) is 18.9 Å². The van der Waals surface area contributed by atoms with Crippen LogP contribution in [0.25, 0.3) is 0 Å². The number of ketones is 2. The first-order valence-corrected chi connectivity index (χ1v) is 9.25. The maximum absolute atomic E-state index is 12.3. The first-order chi connectivity index (χ1) is 11.8. The fourth-order valence-corrected chi connectivity index (χ4v) is 3.96. The van der Waals surface area contributed by atoms with Crippen molar-refractivity contribution in [2.75, 3.05) is 14.2 Å². The highest BCUT2D eigenvalue weighted by molar-refractivity contribution is 5.84. The third-order valence-corrected chi connectivity index (χ3v) is 5.79. The molecule has 0 unspecified atom stereocenters. The largest absolute Gasteiger partial charge is 0.355 e. The molecule has 0 amide bonds. The van der Waals surface area contributed by atoms with Gasteiger partial charge in [-0.1, -0.05) is 27.7 Å². The molecule has 2 heterocycles. The molecule has 0 aromatic rings. The molecule has 25 heavy (non-hydrogen) atoms. The summed E-state index contributed by atoms with van der Waals surface area (Å²) in [4.78, 5) is 24.7. The van der Waals surface area contributed by atoms with Crippen LogP contribution in [0.1, 0.15) is 47.0 Å². The molecule has 8 atom stereocenters. The van der Waals surface area contributed by atoms with Gasteiger partial charge in [0.2, 0.25) is 0 Å². The SMILES string of the molecule is CO[C@@H]1O[C@H](CCC[C@H]2O[C@@H](OC)[C@H](C)C(=O)[C@H]2C)[C@H](C)C(=O)[C@H]1C. The van der Waals surface area contributed by atoms with Crippen molar-refractivity contribution in [2.45, 2.75) is 71.7 Å². The summed E-state index contributed by atoms with van der Waals surface area (Å²) in [6.07, 6.45) is 1.06. The maximum Gasteiger partial charge on any atom is 0.166 e. The summed E-state index contributed by atoms with van der Waals surface area (Å²) in [5.41, 5.74) is 0. The summed E-state index contributed by atoms with van der Waals surface area (Å²) in [5, 5.41) is 0. The Morgan fingerprint density at radius 3 is 1.40 bits per heavy atom. The van der Waals surface area contributed by atoms with Crippen LogP contribution in [-0.4, -0.2) is 50.6 Å². The van der Waals surface area contributed by atoms with Gasteiger partial charge in [0.05, 0.1) is 24.0 Å². The molecule has 0 aliphatic carbocycles. The molecule has 0 radical (unpaired) electrons. The standard InChI is InChI=1S/C19H32O6/c1-10-14(24-18(22-5)12(3)16(10)20)8-7-9-15-11(2)17(21)13(4)19(23-6)25-15/h10-15,18-19H,7-9H2,1-6H3/t10-,11-,12+,13+,14+,15+,18+,19+/m0/s1. The fraction of sp³-hybridized carbons (Fsp3) is 0.895. The summed E-state index contributed by atoms with van der Waals surface area (Å²) in [5.74, 6) is -0.374. The van der Waals surface area contributed by atoms with Gasteiger partial charge in [-0.25, -0.2) is 0 Å². The summed E-state index contributed by atoms with van der Waals surface area (Å²) in [7, 11) is 3.13. The molecule has 0 saturated carbocycles. The lowest BCUT2D eigenvalue weighted by atomic mass is 9.83. The second-order valence-corrected chi connectivity index (χ2v) is 7.45. The van der Waals surface area contributed by atoms with Gasteiger partial charge in [0.1, 0.15) is 11.6 Å². The third kappa shape index (κ3) is 4.30. The lowest BCUT2D eigenvalue weighted by molar-refractivity contribution is -0.220. The van der Waals surface area contributed by atoms with Crippen LogP contribution in [0.15, 0.2) is 0 Å². The first-order valence-electron chi connectivity index (χ1n) is 9.25. The molecule has 2 aliphatic rings. The maximum atomic E-state index is 12.3. The van der Waals surface area contributed by atoms with Crippen LogP contribution >= 0.6 is 0 Å². The Balaban J connectivity index is 1.89. The Morgan fingerprint density at radius 1 is 0.720 bits per heavy atom. The molecular weight excluding hydrogens is 324 g/mol. The van der Waals surface area contributed by atoms with E-state index in [1.807, 2.05) is 27.7 Å². The van der Waals surface area contributed by atoms with E-state index in [-0.39, 0.29) is 47.4 Å². The zero-order chi connectivity index (χ0) is 18.7. The van der Waals surface area contributed by atoms with Crippen LogP contribution < -0.4 is 0 Å². The molecule has 2 aliphatic heterocycles. The summed E-state index contributed by atoms with van der Waals surface area (Å²) in [6, 6.07) is 0. The van der Waals surface area contributed by atoms with Gasteiger partial charge in [-0.3, -0.25) is 9.59 Å². The minimum absolute atomic E-state index is 0.139. The van der Waals surface area contributed by atoms with E-state index in [0.29, 0.717) is 0 Å². The van der Waals surface area contributed by atoms with Gasteiger partial charge in [-0.15, -0.1) is 0 Å². The van der Waals surface area contributed by atoms with Crippen molar-refractivity contribution >= 4 is 11.6 Å². The molecule has 0 bridgehead atoms. The van der Waals surface area contributed by atoms with Crippen LogP contribution in [0, 0.1) is 23.7 Å². The average Bonchev–Trinajstić information content (AvgIpc) is 2.61. The second kappa shape index (κ2) is 8.71. The minimum Gasteiger partial charge on any atom is -0.355 e. The van der Waals surface area contributed by atoms with E-state index in [2.05, 4.69) is 0 Å². The molecule has 144 valence electrons. The monoisotopic (exact) mass is 356 g/mol. The third-order valence-electron chi connectivity index (χ3n) is 5.79. The molecule has 0 aromatic carbocycles. The van der Waals surface area contributed by atoms with Gasteiger partial charge in [0, 0.05) is 26.1 Å². The average molecular weight is 356 g/mol. The molecule has 0 spiro atoms. The van der Waals surface area contributed by atoms with Gasteiger partial charge in [-0.2, -0.15) is 0 Å². The van der Waals surface area contributed by atoms with Crippen LogP contribution in [0.3, 0.4) is 0 Å². The lowest BCUT2D eigenvalue weighted by Gasteiger charge is -2.38. The molecule has 0 N–H and O–H groups in total. The zero-order valence-corrected chi connectivity index (χ0v) is 16.2. The lowest BCUT2D eigenvalue weighted by Crippen LogP contribution is -2.48. The topological polar surface area (TPSA) is 71.1 Å². The Labute approximate surface area is 150 Å². The fourth-order valence-electron chi connectivity index (χ4n) is 3.96.